The maximum absolute atomic E-state index is 12.2. The number of carbonyl (C=O) groups excluding carboxylic acids is 2. The average molecular weight is 308 g/mol. The van der Waals surface area contributed by atoms with E-state index in [-0.39, 0.29) is 26.1 Å². The van der Waals surface area contributed by atoms with Crippen LogP contribution in [0.5, 0.6) is 0 Å². The first-order chi connectivity index (χ1) is 10.4. The normalized spacial score (nSPS) is 15.8. The molecule has 0 unspecified atom stereocenters. The molecule has 0 aliphatic heterocycles. The van der Waals surface area contributed by atoms with Gasteiger partial charge in [-0.15, -0.1) is 26.3 Å². The van der Waals surface area contributed by atoms with Gasteiger partial charge in [-0.3, -0.25) is 9.59 Å². The fourth-order valence-electron chi connectivity index (χ4n) is 2.23. The van der Waals surface area contributed by atoms with Crippen LogP contribution in [0.25, 0.3) is 0 Å². The highest BCUT2D eigenvalue weighted by atomic mass is 16.6. The Labute approximate surface area is 131 Å². The lowest BCUT2D eigenvalue weighted by atomic mass is 9.76. The molecule has 0 rings (SSSR count). The number of nitrogens with two attached hydrogens (primary N) is 2. The summed E-state index contributed by atoms with van der Waals surface area (Å²) >= 11 is 0. The third kappa shape index (κ3) is 3.72. The lowest BCUT2D eigenvalue weighted by molar-refractivity contribution is -0.202. The molecule has 0 radical (unpaired) electrons. The van der Waals surface area contributed by atoms with E-state index < -0.39 is 23.0 Å². The van der Waals surface area contributed by atoms with Crippen molar-refractivity contribution in [1.82, 2.24) is 0 Å². The summed E-state index contributed by atoms with van der Waals surface area (Å²) in [5.41, 5.74) is 7.41. The van der Waals surface area contributed by atoms with Crippen molar-refractivity contribution in [1.29, 1.82) is 0 Å². The highest BCUT2D eigenvalue weighted by Gasteiger charge is 2.60. The van der Waals surface area contributed by atoms with Gasteiger partial charge >= 0.3 is 0 Å². The van der Waals surface area contributed by atoms with Crippen LogP contribution >= 0.6 is 0 Å². The summed E-state index contributed by atoms with van der Waals surface area (Å²) in [4.78, 5) is 24.3. The molecule has 0 aromatic rings. The Bertz CT molecular complexity index is 419. The first-order valence-electron chi connectivity index (χ1n) is 6.69. The molecule has 6 heteroatoms. The van der Waals surface area contributed by atoms with Gasteiger partial charge in [-0.2, -0.15) is 0 Å². The third-order valence-electron chi connectivity index (χ3n) is 3.21. The minimum atomic E-state index is -1.83. The highest BCUT2D eigenvalue weighted by molar-refractivity contribution is 5.96. The molecule has 2 amide bonds. The van der Waals surface area contributed by atoms with Gasteiger partial charge in [0.05, 0.1) is 13.2 Å². The van der Waals surface area contributed by atoms with Crippen LogP contribution in [0.2, 0.25) is 0 Å². The molecule has 0 saturated carbocycles. The molecule has 4 N–H and O–H groups in total. The van der Waals surface area contributed by atoms with Crippen molar-refractivity contribution in [2.45, 2.75) is 24.0 Å². The van der Waals surface area contributed by atoms with Gasteiger partial charge in [0.2, 0.25) is 0 Å². The summed E-state index contributed by atoms with van der Waals surface area (Å²) < 4.78 is 11.2. The molecule has 6 nitrogen and oxygen atoms in total. The fraction of sp³-hybridized carbons (Fsp3) is 0.375. The van der Waals surface area contributed by atoms with E-state index in [4.69, 9.17) is 20.9 Å². The Balaban J connectivity index is 6.28. The molecule has 0 bridgehead atoms. The molecule has 0 fully saturated rings. The fourth-order valence-corrected chi connectivity index (χ4v) is 2.23. The van der Waals surface area contributed by atoms with Crippen molar-refractivity contribution < 1.29 is 19.1 Å². The summed E-state index contributed by atoms with van der Waals surface area (Å²) in [7, 11) is 0. The Morgan fingerprint density at radius 2 is 1.09 bits per heavy atom. The molecule has 0 heterocycles. The molecular formula is C16H24N2O4. The number of primary amides is 2. The van der Waals surface area contributed by atoms with Crippen LogP contribution in [0.15, 0.2) is 50.6 Å². The smallest absolute Gasteiger partial charge is 0.253 e. The summed E-state index contributed by atoms with van der Waals surface area (Å²) in [5.74, 6) is -1.78. The zero-order valence-corrected chi connectivity index (χ0v) is 12.8. The van der Waals surface area contributed by atoms with E-state index in [1.165, 1.54) is 24.3 Å². The number of carbonyl (C=O) groups is 2. The minimum absolute atomic E-state index is 0.0274. The van der Waals surface area contributed by atoms with E-state index in [1.54, 1.807) is 0 Å². The Morgan fingerprint density at radius 3 is 1.27 bits per heavy atom. The summed E-state index contributed by atoms with van der Waals surface area (Å²) in [6.45, 7) is 14.2. The summed E-state index contributed by atoms with van der Waals surface area (Å²) in [5, 5.41) is 0. The van der Waals surface area contributed by atoms with E-state index in [9.17, 15) is 9.59 Å². The summed E-state index contributed by atoms with van der Waals surface area (Å²) in [6, 6.07) is 0. The second kappa shape index (κ2) is 8.96. The van der Waals surface area contributed by atoms with E-state index in [2.05, 4.69) is 26.3 Å². The number of amides is 2. The van der Waals surface area contributed by atoms with Crippen LogP contribution in [0, 0.1) is 0 Å². The first-order valence-corrected chi connectivity index (χ1v) is 6.69. The van der Waals surface area contributed by atoms with Gasteiger partial charge in [0.1, 0.15) is 0 Å². The van der Waals surface area contributed by atoms with Crippen molar-refractivity contribution >= 4 is 11.8 Å². The maximum atomic E-state index is 12.2. The first kappa shape index (κ1) is 19.8. The standard InChI is InChI=1S/C16H24N2O4/c1-5-9-15(13(17)19,21-11-7-3)16(10-6-2,14(18)20)22-12-8-4/h5-8H,1-4,9-12H2,(H2,17,19)(H2,18,20)/t15-,16-/m1/s1. The molecule has 0 aromatic carbocycles. The zero-order chi connectivity index (χ0) is 17.2. The van der Waals surface area contributed by atoms with Crippen molar-refractivity contribution in [2.75, 3.05) is 13.2 Å². The monoisotopic (exact) mass is 308 g/mol. The van der Waals surface area contributed by atoms with Crippen LogP contribution in [0.3, 0.4) is 0 Å². The number of hydrogen-bond donors (Lipinski definition) is 2. The molecule has 2 atom stereocenters. The molecule has 0 spiro atoms. The SMILES string of the molecule is C=CCO[C@](CC=C)(C(N)=O)[C@](CC=C)(OCC=C)C(N)=O. The van der Waals surface area contributed by atoms with Gasteiger partial charge < -0.3 is 20.9 Å². The third-order valence-corrected chi connectivity index (χ3v) is 3.21. The van der Waals surface area contributed by atoms with Gasteiger partial charge in [-0.25, -0.2) is 0 Å². The van der Waals surface area contributed by atoms with Crippen molar-refractivity contribution in [3.05, 3.63) is 50.6 Å². The number of hydrogen-bond acceptors (Lipinski definition) is 4. The Kier molecular flexibility index (Phi) is 8.08. The Morgan fingerprint density at radius 1 is 0.773 bits per heavy atom. The van der Waals surface area contributed by atoms with Crippen LogP contribution < -0.4 is 11.5 Å². The predicted molar refractivity (Wildman–Crippen MR) is 85.8 cm³/mol. The van der Waals surface area contributed by atoms with Crippen LogP contribution in [-0.2, 0) is 19.1 Å². The molecule has 122 valence electrons. The van der Waals surface area contributed by atoms with E-state index in [0.717, 1.165) is 0 Å². The van der Waals surface area contributed by atoms with Gasteiger partial charge in [0, 0.05) is 12.8 Å². The second-order valence-corrected chi connectivity index (χ2v) is 4.57. The minimum Gasteiger partial charge on any atom is -0.367 e. The van der Waals surface area contributed by atoms with Crippen molar-refractivity contribution in [3.8, 4) is 0 Å². The summed E-state index contributed by atoms with van der Waals surface area (Å²) in [6.07, 6.45) is 5.54. The van der Waals surface area contributed by atoms with Gasteiger partial charge in [0.25, 0.3) is 11.8 Å². The molecule has 0 aliphatic rings. The number of rotatable bonds is 13. The second-order valence-electron chi connectivity index (χ2n) is 4.57. The lowest BCUT2D eigenvalue weighted by Gasteiger charge is -2.44. The zero-order valence-electron chi connectivity index (χ0n) is 12.8. The van der Waals surface area contributed by atoms with E-state index >= 15 is 0 Å². The van der Waals surface area contributed by atoms with Gasteiger partial charge in [-0.1, -0.05) is 24.3 Å². The van der Waals surface area contributed by atoms with Crippen molar-refractivity contribution in [2.24, 2.45) is 11.5 Å². The molecule has 22 heavy (non-hydrogen) atoms. The molecule has 0 saturated heterocycles. The van der Waals surface area contributed by atoms with Crippen LogP contribution in [-0.4, -0.2) is 36.2 Å². The molecule has 0 aliphatic carbocycles. The highest BCUT2D eigenvalue weighted by Crippen LogP contribution is 2.37. The van der Waals surface area contributed by atoms with Crippen molar-refractivity contribution in [3.63, 3.8) is 0 Å². The van der Waals surface area contributed by atoms with Crippen LogP contribution in [0.4, 0.5) is 0 Å². The molecular weight excluding hydrogens is 284 g/mol. The quantitative estimate of drug-likeness (QED) is 0.495. The molecule has 0 aromatic heterocycles. The average Bonchev–Trinajstić information content (AvgIpc) is 2.47. The van der Waals surface area contributed by atoms with E-state index in [0.29, 0.717) is 0 Å². The van der Waals surface area contributed by atoms with Gasteiger partial charge in [-0.05, 0) is 0 Å². The van der Waals surface area contributed by atoms with Crippen LogP contribution in [0.1, 0.15) is 12.8 Å². The topological polar surface area (TPSA) is 105 Å². The largest absolute Gasteiger partial charge is 0.367 e. The van der Waals surface area contributed by atoms with Gasteiger partial charge in [0.15, 0.2) is 11.2 Å². The predicted octanol–water partition coefficient (Wildman–Crippen LogP) is 0.992. The Hall–Kier alpha value is -2.18. The lowest BCUT2D eigenvalue weighted by Crippen LogP contribution is -2.69. The maximum Gasteiger partial charge on any atom is 0.253 e. The number of ether oxygens (including phenoxy) is 2. The van der Waals surface area contributed by atoms with E-state index in [1.807, 2.05) is 0 Å².